The number of anilines is 1. The standard InChI is InChI=1S/C23H24F2N2O2/c24-19-6-3-7-20(25)21(19)26-22(28)16-8-10-17(11-9-16)23(29)27-13-12-15-4-1-2-5-18(15)14-27/h1-7,16-17H,8-14H2,(H,26,28). The summed E-state index contributed by atoms with van der Waals surface area (Å²) in [5.41, 5.74) is 2.10. The number of carbonyl (C=O) groups excluding carboxylic acids is 2. The first-order chi connectivity index (χ1) is 14.0. The lowest BCUT2D eigenvalue weighted by atomic mass is 9.80. The van der Waals surface area contributed by atoms with E-state index in [0.29, 0.717) is 32.2 Å². The smallest absolute Gasteiger partial charge is 0.227 e. The Kier molecular flexibility index (Phi) is 5.60. The van der Waals surface area contributed by atoms with Crippen molar-refractivity contribution in [2.75, 3.05) is 11.9 Å². The molecule has 1 N–H and O–H groups in total. The van der Waals surface area contributed by atoms with E-state index in [1.165, 1.54) is 17.2 Å². The largest absolute Gasteiger partial charge is 0.338 e. The topological polar surface area (TPSA) is 49.4 Å². The Balaban J connectivity index is 1.32. The molecule has 4 rings (SSSR count). The molecule has 152 valence electrons. The van der Waals surface area contributed by atoms with Gasteiger partial charge in [-0.3, -0.25) is 9.59 Å². The van der Waals surface area contributed by atoms with Crippen LogP contribution >= 0.6 is 0 Å². The molecule has 1 saturated carbocycles. The van der Waals surface area contributed by atoms with E-state index < -0.39 is 17.3 Å². The van der Waals surface area contributed by atoms with Gasteiger partial charge in [-0.2, -0.15) is 0 Å². The predicted octanol–water partition coefficient (Wildman–Crippen LogP) is 4.29. The molecule has 0 bridgehead atoms. The fourth-order valence-electron chi connectivity index (χ4n) is 4.39. The highest BCUT2D eigenvalue weighted by atomic mass is 19.1. The zero-order valence-electron chi connectivity index (χ0n) is 16.2. The van der Waals surface area contributed by atoms with Gasteiger partial charge in [0, 0.05) is 24.9 Å². The number of para-hydroxylation sites is 1. The van der Waals surface area contributed by atoms with Crippen molar-refractivity contribution in [1.82, 2.24) is 4.90 Å². The molecule has 1 heterocycles. The van der Waals surface area contributed by atoms with E-state index in [9.17, 15) is 18.4 Å². The molecular formula is C23H24F2N2O2. The molecule has 1 aliphatic carbocycles. The van der Waals surface area contributed by atoms with Gasteiger partial charge >= 0.3 is 0 Å². The molecule has 0 radical (unpaired) electrons. The van der Waals surface area contributed by atoms with E-state index in [-0.39, 0.29) is 23.7 Å². The number of rotatable bonds is 3. The zero-order chi connectivity index (χ0) is 20.4. The van der Waals surface area contributed by atoms with Gasteiger partial charge in [0.25, 0.3) is 0 Å². The minimum Gasteiger partial charge on any atom is -0.338 e. The van der Waals surface area contributed by atoms with Gasteiger partial charge < -0.3 is 10.2 Å². The number of hydrogen-bond acceptors (Lipinski definition) is 2. The number of nitrogens with one attached hydrogen (secondary N) is 1. The van der Waals surface area contributed by atoms with Crippen LogP contribution in [0.2, 0.25) is 0 Å². The van der Waals surface area contributed by atoms with Crippen LogP contribution in [-0.2, 0) is 22.6 Å². The second kappa shape index (κ2) is 8.31. The first-order valence-corrected chi connectivity index (χ1v) is 10.1. The summed E-state index contributed by atoms with van der Waals surface area (Å²) in [6, 6.07) is 11.7. The zero-order valence-corrected chi connectivity index (χ0v) is 16.2. The second-order valence-corrected chi connectivity index (χ2v) is 7.91. The van der Waals surface area contributed by atoms with Crippen LogP contribution in [-0.4, -0.2) is 23.3 Å². The number of halogens is 2. The van der Waals surface area contributed by atoms with E-state index >= 15 is 0 Å². The number of nitrogens with zero attached hydrogens (tertiary/aromatic N) is 1. The third-order valence-electron chi connectivity index (χ3n) is 6.10. The molecule has 1 fully saturated rings. The fourth-order valence-corrected chi connectivity index (χ4v) is 4.39. The average Bonchev–Trinajstić information content (AvgIpc) is 2.75. The van der Waals surface area contributed by atoms with Crippen LogP contribution in [0.15, 0.2) is 42.5 Å². The van der Waals surface area contributed by atoms with E-state index in [1.807, 2.05) is 17.0 Å². The monoisotopic (exact) mass is 398 g/mol. The molecule has 2 aromatic carbocycles. The fraction of sp³-hybridized carbons (Fsp3) is 0.391. The first kappa shape index (κ1) is 19.6. The van der Waals surface area contributed by atoms with Crippen LogP contribution in [0.1, 0.15) is 36.8 Å². The molecule has 0 saturated heterocycles. The minimum atomic E-state index is -0.785. The van der Waals surface area contributed by atoms with Crippen LogP contribution in [0.3, 0.4) is 0 Å². The molecule has 0 atom stereocenters. The van der Waals surface area contributed by atoms with E-state index in [2.05, 4.69) is 17.4 Å². The highest BCUT2D eigenvalue weighted by Gasteiger charge is 2.33. The molecule has 2 amide bonds. The van der Waals surface area contributed by atoms with Gasteiger partial charge in [0.1, 0.15) is 17.3 Å². The lowest BCUT2D eigenvalue weighted by Crippen LogP contribution is -2.41. The maximum atomic E-state index is 13.8. The van der Waals surface area contributed by atoms with Crippen molar-refractivity contribution in [3.8, 4) is 0 Å². The molecule has 29 heavy (non-hydrogen) atoms. The van der Waals surface area contributed by atoms with Crippen LogP contribution in [0.4, 0.5) is 14.5 Å². The van der Waals surface area contributed by atoms with Crippen molar-refractivity contribution in [3.05, 3.63) is 65.2 Å². The number of fused-ring (bicyclic) bond motifs is 1. The maximum absolute atomic E-state index is 13.8. The molecule has 0 unspecified atom stereocenters. The minimum absolute atomic E-state index is 0.0884. The maximum Gasteiger partial charge on any atom is 0.227 e. The molecule has 4 nitrogen and oxygen atoms in total. The Morgan fingerprint density at radius 2 is 1.48 bits per heavy atom. The molecule has 0 spiro atoms. The van der Waals surface area contributed by atoms with Crippen molar-refractivity contribution in [2.24, 2.45) is 11.8 Å². The van der Waals surface area contributed by atoms with Crippen molar-refractivity contribution in [2.45, 2.75) is 38.6 Å². The SMILES string of the molecule is O=C(Nc1c(F)cccc1F)C1CCC(C(=O)N2CCc3ccccc3C2)CC1. The lowest BCUT2D eigenvalue weighted by Gasteiger charge is -2.34. The van der Waals surface area contributed by atoms with E-state index in [1.54, 1.807) is 0 Å². The van der Waals surface area contributed by atoms with Gasteiger partial charge in [0.15, 0.2) is 0 Å². The number of hydrogen-bond donors (Lipinski definition) is 1. The highest BCUT2D eigenvalue weighted by molar-refractivity contribution is 5.93. The molecule has 2 aromatic rings. The van der Waals surface area contributed by atoms with E-state index in [4.69, 9.17) is 0 Å². The van der Waals surface area contributed by atoms with Gasteiger partial charge in [0.05, 0.1) is 0 Å². The Hall–Kier alpha value is -2.76. The third-order valence-corrected chi connectivity index (χ3v) is 6.10. The van der Waals surface area contributed by atoms with E-state index in [0.717, 1.165) is 25.1 Å². The van der Waals surface area contributed by atoms with Gasteiger partial charge in [-0.25, -0.2) is 8.78 Å². The van der Waals surface area contributed by atoms with Crippen molar-refractivity contribution < 1.29 is 18.4 Å². The Bertz CT molecular complexity index is 903. The molecule has 1 aliphatic heterocycles. The van der Waals surface area contributed by atoms with Crippen LogP contribution in [0.5, 0.6) is 0 Å². The summed E-state index contributed by atoms with van der Waals surface area (Å²) in [7, 11) is 0. The highest BCUT2D eigenvalue weighted by Crippen LogP contribution is 2.32. The molecular weight excluding hydrogens is 374 g/mol. The number of carbonyl (C=O) groups is 2. The first-order valence-electron chi connectivity index (χ1n) is 10.1. The van der Waals surface area contributed by atoms with Crippen molar-refractivity contribution in [3.63, 3.8) is 0 Å². The predicted molar refractivity (Wildman–Crippen MR) is 106 cm³/mol. The normalized spacial score (nSPS) is 21.4. The van der Waals surface area contributed by atoms with Gasteiger partial charge in [-0.05, 0) is 55.4 Å². The summed E-state index contributed by atoms with van der Waals surface area (Å²) in [6.45, 7) is 1.37. The summed E-state index contributed by atoms with van der Waals surface area (Å²) in [6.07, 6.45) is 3.20. The van der Waals surface area contributed by atoms with Crippen molar-refractivity contribution in [1.29, 1.82) is 0 Å². The molecule has 0 aromatic heterocycles. The Morgan fingerprint density at radius 3 is 2.17 bits per heavy atom. The second-order valence-electron chi connectivity index (χ2n) is 7.91. The van der Waals surface area contributed by atoms with Crippen LogP contribution < -0.4 is 5.32 Å². The Morgan fingerprint density at radius 1 is 0.862 bits per heavy atom. The van der Waals surface area contributed by atoms with Crippen LogP contribution in [0, 0.1) is 23.5 Å². The summed E-state index contributed by atoms with van der Waals surface area (Å²) in [5, 5.41) is 2.38. The summed E-state index contributed by atoms with van der Waals surface area (Å²) in [5.74, 6) is -2.22. The third kappa shape index (κ3) is 4.16. The van der Waals surface area contributed by atoms with Gasteiger partial charge in [0.2, 0.25) is 11.8 Å². The Labute approximate surface area is 168 Å². The van der Waals surface area contributed by atoms with Crippen molar-refractivity contribution >= 4 is 17.5 Å². The summed E-state index contributed by atoms with van der Waals surface area (Å²) < 4.78 is 27.5. The van der Waals surface area contributed by atoms with Gasteiger partial charge in [-0.15, -0.1) is 0 Å². The molecule has 2 aliphatic rings. The molecule has 6 heteroatoms. The quantitative estimate of drug-likeness (QED) is 0.838. The van der Waals surface area contributed by atoms with Gasteiger partial charge in [-0.1, -0.05) is 30.3 Å². The average molecular weight is 398 g/mol. The summed E-state index contributed by atoms with van der Waals surface area (Å²) >= 11 is 0. The number of benzene rings is 2. The number of amides is 2. The van der Waals surface area contributed by atoms with Crippen LogP contribution in [0.25, 0.3) is 0 Å². The summed E-state index contributed by atoms with van der Waals surface area (Å²) in [4.78, 5) is 27.3. The lowest BCUT2D eigenvalue weighted by molar-refractivity contribution is -0.138.